The Morgan fingerprint density at radius 1 is 0.786 bits per heavy atom. The van der Waals surface area contributed by atoms with Gasteiger partial charge in [0.2, 0.25) is 5.91 Å². The van der Waals surface area contributed by atoms with Gasteiger partial charge in [0, 0.05) is 12.0 Å². The Hall–Kier alpha value is -5.24. The van der Waals surface area contributed by atoms with Crippen LogP contribution in [0.2, 0.25) is 0 Å². The van der Waals surface area contributed by atoms with E-state index in [0.717, 1.165) is 4.90 Å². The molecule has 4 aromatic rings. The second-order valence-electron chi connectivity index (χ2n) is 14.4. The van der Waals surface area contributed by atoms with Crippen molar-refractivity contribution in [2.75, 3.05) is 0 Å². The Labute approximate surface area is 318 Å². The van der Waals surface area contributed by atoms with Gasteiger partial charge in [-0.1, -0.05) is 72.8 Å². The molecule has 2 unspecified atom stereocenters. The lowest BCUT2D eigenvalue weighted by atomic mass is 9.78. The Morgan fingerprint density at radius 3 is 1.86 bits per heavy atom. The van der Waals surface area contributed by atoms with E-state index in [1.807, 2.05) is 0 Å². The van der Waals surface area contributed by atoms with E-state index in [1.54, 1.807) is 60.7 Å². The molecule has 4 aromatic carbocycles. The maximum atomic E-state index is 14.3. The summed E-state index contributed by atoms with van der Waals surface area (Å²) in [6, 6.07) is 23.0. The zero-order valence-electron chi connectivity index (χ0n) is 30.3. The highest BCUT2D eigenvalue weighted by molar-refractivity contribution is 6.09. The van der Waals surface area contributed by atoms with Crippen LogP contribution in [-0.2, 0) is 49.4 Å². The first-order chi connectivity index (χ1) is 26.5. The number of alkyl halides is 6. The van der Waals surface area contributed by atoms with Gasteiger partial charge in [0.1, 0.15) is 24.4 Å². The Kier molecular flexibility index (Phi) is 11.6. The molecular formula is C42H38F7NO6. The zero-order chi connectivity index (χ0) is 40.4. The average molecular weight is 786 g/mol. The third-order valence-corrected chi connectivity index (χ3v) is 10.6. The topological polar surface area (TPSA) is 82.1 Å². The van der Waals surface area contributed by atoms with Crippen molar-refractivity contribution in [3.63, 3.8) is 0 Å². The molecule has 14 heteroatoms. The molecule has 2 aliphatic rings. The number of likely N-dealkylation sites (tertiary alicyclic amines) is 1. The number of esters is 1. The highest BCUT2D eigenvalue weighted by Gasteiger charge is 2.61. The van der Waals surface area contributed by atoms with Crippen LogP contribution < -0.4 is 0 Å². The number of benzene rings is 4. The summed E-state index contributed by atoms with van der Waals surface area (Å²) in [6.07, 6.45) is -13.1. The molecule has 1 saturated heterocycles. The van der Waals surface area contributed by atoms with Crippen LogP contribution in [0.1, 0.15) is 78.5 Å². The second-order valence-corrected chi connectivity index (χ2v) is 14.4. The van der Waals surface area contributed by atoms with E-state index in [1.165, 1.54) is 38.1 Å². The van der Waals surface area contributed by atoms with Crippen LogP contribution in [-0.4, -0.2) is 35.0 Å². The highest BCUT2D eigenvalue weighted by Crippen LogP contribution is 2.52. The largest absolute Gasteiger partial charge is 0.460 e. The standard InChI is InChI=1S/C42H38F7NO6/c1-25(29-19-30(41(44,45)46)21-31(20-29)42(47,48)49)56-35-18-17-33(36(35)28-13-15-32(43)16-14-28)34-22-40(2,38(52)54-23-26-9-5-3-6-10-26)37(51)50(34)39(53)55-24-27-11-7-4-8-12-27/h3-16,19-21,25,33-36H,17-18,22-24H2,1-2H3/t25-,33+,34?,35+,36+,40?/m1/s1. The summed E-state index contributed by atoms with van der Waals surface area (Å²) in [5.41, 5.74) is -3.44. The third-order valence-electron chi connectivity index (χ3n) is 10.6. The van der Waals surface area contributed by atoms with Gasteiger partial charge in [-0.25, -0.2) is 14.1 Å². The fraction of sp³-hybridized carbons (Fsp3) is 0.357. The molecule has 2 fully saturated rings. The van der Waals surface area contributed by atoms with Crippen molar-refractivity contribution in [1.29, 1.82) is 0 Å². The van der Waals surface area contributed by atoms with Crippen LogP contribution in [0.4, 0.5) is 35.5 Å². The molecular weight excluding hydrogens is 747 g/mol. The van der Waals surface area contributed by atoms with Crippen molar-refractivity contribution in [3.8, 4) is 0 Å². The Morgan fingerprint density at radius 2 is 1.32 bits per heavy atom. The van der Waals surface area contributed by atoms with Gasteiger partial charge in [0.05, 0.1) is 23.3 Å². The number of hydrogen-bond acceptors (Lipinski definition) is 6. The number of carbonyl (C=O) groups excluding carboxylic acids is 3. The first-order valence-corrected chi connectivity index (χ1v) is 17.9. The minimum Gasteiger partial charge on any atom is -0.460 e. The number of halogens is 7. The molecule has 0 bridgehead atoms. The van der Waals surface area contributed by atoms with E-state index in [4.69, 9.17) is 14.2 Å². The minimum atomic E-state index is -5.08. The normalized spacial score (nSPS) is 23.2. The van der Waals surface area contributed by atoms with Crippen LogP contribution in [0.25, 0.3) is 0 Å². The number of carbonyl (C=O) groups is 3. The molecule has 6 atom stereocenters. The van der Waals surface area contributed by atoms with Crippen LogP contribution in [0.15, 0.2) is 103 Å². The summed E-state index contributed by atoms with van der Waals surface area (Å²) < 4.78 is 114. The predicted molar refractivity (Wildman–Crippen MR) is 188 cm³/mol. The maximum absolute atomic E-state index is 14.3. The van der Waals surface area contributed by atoms with Crippen molar-refractivity contribution in [2.45, 2.75) is 82.8 Å². The summed E-state index contributed by atoms with van der Waals surface area (Å²) in [4.78, 5) is 42.9. The van der Waals surface area contributed by atoms with Gasteiger partial charge in [-0.05, 0) is 91.6 Å². The zero-order valence-corrected chi connectivity index (χ0v) is 30.3. The van der Waals surface area contributed by atoms with Gasteiger partial charge in [0.15, 0.2) is 0 Å². The number of amides is 2. The molecule has 0 spiro atoms. The number of ether oxygens (including phenoxy) is 3. The van der Waals surface area contributed by atoms with Gasteiger partial charge >= 0.3 is 24.4 Å². The fourth-order valence-corrected chi connectivity index (χ4v) is 7.69. The molecule has 1 aliphatic carbocycles. The molecule has 7 nitrogen and oxygen atoms in total. The van der Waals surface area contributed by atoms with Crippen LogP contribution in [0.3, 0.4) is 0 Å². The van der Waals surface area contributed by atoms with Gasteiger partial charge in [-0.2, -0.15) is 26.3 Å². The SMILES string of the molecule is C[C@@H](O[C@H]1CC[C@@H](C2CC(C)(C(=O)OCc3ccccc3)C(=O)N2C(=O)OCc2ccccc2)[C@@H]1c1ccc(F)cc1)c1cc(C(F)(F)F)cc(C(F)(F)F)c1. The van der Waals surface area contributed by atoms with E-state index in [0.29, 0.717) is 28.8 Å². The molecule has 6 rings (SSSR count). The lowest BCUT2D eigenvalue weighted by Gasteiger charge is -2.34. The molecule has 1 saturated carbocycles. The summed E-state index contributed by atoms with van der Waals surface area (Å²) >= 11 is 0. The van der Waals surface area contributed by atoms with E-state index in [2.05, 4.69) is 0 Å². The number of nitrogens with zero attached hydrogens (tertiary/aromatic N) is 1. The summed E-state index contributed by atoms with van der Waals surface area (Å²) in [5, 5.41) is 0. The first-order valence-electron chi connectivity index (χ1n) is 17.9. The molecule has 0 aromatic heterocycles. The van der Waals surface area contributed by atoms with E-state index in [-0.39, 0.29) is 44.1 Å². The quantitative estimate of drug-likeness (QED) is 0.0905. The van der Waals surface area contributed by atoms with E-state index in [9.17, 15) is 45.1 Å². The van der Waals surface area contributed by atoms with Gasteiger partial charge in [0.25, 0.3) is 0 Å². The minimum absolute atomic E-state index is 0.0353. The summed E-state index contributed by atoms with van der Waals surface area (Å²) in [6.45, 7) is 2.37. The predicted octanol–water partition coefficient (Wildman–Crippen LogP) is 10.2. The molecule has 296 valence electrons. The molecule has 2 amide bonds. The third kappa shape index (κ3) is 8.75. The van der Waals surface area contributed by atoms with Crippen LogP contribution in [0, 0.1) is 17.2 Å². The average Bonchev–Trinajstić information content (AvgIpc) is 3.70. The molecule has 1 aliphatic heterocycles. The lowest BCUT2D eigenvalue weighted by molar-refractivity contribution is -0.161. The number of imide groups is 1. The summed E-state index contributed by atoms with van der Waals surface area (Å²) in [7, 11) is 0. The van der Waals surface area contributed by atoms with Crippen molar-refractivity contribution in [2.24, 2.45) is 11.3 Å². The van der Waals surface area contributed by atoms with Crippen molar-refractivity contribution < 1.29 is 59.3 Å². The van der Waals surface area contributed by atoms with Gasteiger partial charge in [-0.15, -0.1) is 0 Å². The second kappa shape index (κ2) is 16.1. The van der Waals surface area contributed by atoms with E-state index < -0.39 is 82.8 Å². The van der Waals surface area contributed by atoms with E-state index >= 15 is 0 Å². The highest BCUT2D eigenvalue weighted by atomic mass is 19.4. The molecule has 1 heterocycles. The molecule has 0 N–H and O–H groups in total. The van der Waals surface area contributed by atoms with Crippen molar-refractivity contribution in [1.82, 2.24) is 4.90 Å². The number of hydrogen-bond donors (Lipinski definition) is 0. The maximum Gasteiger partial charge on any atom is 0.417 e. The molecule has 56 heavy (non-hydrogen) atoms. The smallest absolute Gasteiger partial charge is 0.417 e. The fourth-order valence-electron chi connectivity index (χ4n) is 7.69. The van der Waals surface area contributed by atoms with Crippen molar-refractivity contribution in [3.05, 3.63) is 142 Å². The lowest BCUT2D eigenvalue weighted by Crippen LogP contribution is -2.46. The molecule has 0 radical (unpaired) electrons. The van der Waals surface area contributed by atoms with Crippen molar-refractivity contribution >= 4 is 18.0 Å². The van der Waals surface area contributed by atoms with Gasteiger partial charge < -0.3 is 14.2 Å². The van der Waals surface area contributed by atoms with Crippen LogP contribution in [0.5, 0.6) is 0 Å². The first kappa shape index (κ1) is 40.4. The Balaban J connectivity index is 1.34. The number of rotatable bonds is 10. The van der Waals surface area contributed by atoms with Crippen LogP contribution >= 0.6 is 0 Å². The Bertz CT molecular complexity index is 1990. The summed E-state index contributed by atoms with van der Waals surface area (Å²) in [5.74, 6) is -3.76. The van der Waals surface area contributed by atoms with Gasteiger partial charge in [-0.3, -0.25) is 9.59 Å². The monoisotopic (exact) mass is 785 g/mol.